The third kappa shape index (κ3) is 2.84. The van der Waals surface area contributed by atoms with Crippen molar-refractivity contribution in [3.8, 4) is 6.07 Å². The number of nitrogens with zero attached hydrogens (tertiary/aromatic N) is 1. The number of hydrogen-bond donors (Lipinski definition) is 2. The minimum Gasteiger partial charge on any atom is -0.395 e. The Hall–Kier alpha value is -1.37. The third-order valence-electron chi connectivity index (χ3n) is 2.08. The van der Waals surface area contributed by atoms with Crippen LogP contribution in [0.25, 0.3) is 0 Å². The van der Waals surface area contributed by atoms with Crippen LogP contribution in [0, 0.1) is 18.3 Å². The van der Waals surface area contributed by atoms with Crippen molar-refractivity contribution in [3.63, 3.8) is 0 Å². The molecule has 0 fully saturated rings. The molecule has 0 heterocycles. The fourth-order valence-corrected chi connectivity index (χ4v) is 1.27. The molecule has 0 radical (unpaired) electrons. The van der Waals surface area contributed by atoms with Crippen LogP contribution >= 0.6 is 0 Å². The molecule has 0 amide bonds. The molecule has 0 saturated carbocycles. The van der Waals surface area contributed by atoms with E-state index in [0.29, 0.717) is 12.1 Å². The molecule has 0 spiro atoms. The first-order valence-electron chi connectivity index (χ1n) is 4.59. The predicted octanol–water partition coefficient (Wildman–Crippen LogP) is 0.949. The second kappa shape index (κ2) is 5.38. The van der Waals surface area contributed by atoms with E-state index in [9.17, 15) is 0 Å². The number of benzene rings is 1. The van der Waals surface area contributed by atoms with Gasteiger partial charge in [0.15, 0.2) is 0 Å². The first kappa shape index (κ1) is 10.7. The molecule has 0 atom stereocenters. The Morgan fingerprint density at radius 2 is 2.29 bits per heavy atom. The standard InChI is InChI=1S/C11H14N2O/c1-9-6-10(7-12)2-3-11(9)8-13-4-5-14/h2-3,6,13-14H,4-5,8H2,1H3. The van der Waals surface area contributed by atoms with Crippen molar-refractivity contribution in [2.75, 3.05) is 13.2 Å². The molecule has 0 bridgehead atoms. The van der Waals surface area contributed by atoms with E-state index in [1.165, 1.54) is 0 Å². The van der Waals surface area contributed by atoms with Crippen molar-refractivity contribution >= 4 is 0 Å². The minimum absolute atomic E-state index is 0.148. The van der Waals surface area contributed by atoms with Gasteiger partial charge >= 0.3 is 0 Å². The maximum Gasteiger partial charge on any atom is 0.0991 e. The molecule has 0 saturated heterocycles. The summed E-state index contributed by atoms with van der Waals surface area (Å²) in [4.78, 5) is 0. The zero-order valence-electron chi connectivity index (χ0n) is 8.25. The first-order valence-corrected chi connectivity index (χ1v) is 4.59. The molecule has 0 aliphatic rings. The van der Waals surface area contributed by atoms with Crippen LogP contribution in [0.5, 0.6) is 0 Å². The van der Waals surface area contributed by atoms with E-state index in [1.54, 1.807) is 0 Å². The normalized spacial score (nSPS) is 9.79. The molecule has 1 rings (SSSR count). The molecule has 3 heteroatoms. The Bertz CT molecular complexity index is 342. The van der Waals surface area contributed by atoms with Gasteiger partial charge in [-0.25, -0.2) is 0 Å². The zero-order chi connectivity index (χ0) is 10.4. The van der Waals surface area contributed by atoms with Crippen LogP contribution in [0.3, 0.4) is 0 Å². The number of nitriles is 1. The lowest BCUT2D eigenvalue weighted by Gasteiger charge is -2.06. The maximum absolute atomic E-state index is 8.67. The van der Waals surface area contributed by atoms with Crippen LogP contribution in [-0.2, 0) is 6.54 Å². The van der Waals surface area contributed by atoms with E-state index in [4.69, 9.17) is 10.4 Å². The summed E-state index contributed by atoms with van der Waals surface area (Å²) in [6, 6.07) is 7.72. The van der Waals surface area contributed by atoms with Gasteiger partial charge in [0.25, 0.3) is 0 Å². The summed E-state index contributed by atoms with van der Waals surface area (Å²) >= 11 is 0. The van der Waals surface area contributed by atoms with Crippen LogP contribution in [0.15, 0.2) is 18.2 Å². The predicted molar refractivity (Wildman–Crippen MR) is 54.7 cm³/mol. The van der Waals surface area contributed by atoms with Gasteiger partial charge in [-0.1, -0.05) is 6.07 Å². The second-order valence-corrected chi connectivity index (χ2v) is 3.15. The Balaban J connectivity index is 2.65. The Kier molecular flexibility index (Phi) is 4.11. The summed E-state index contributed by atoms with van der Waals surface area (Å²) in [5, 5.41) is 20.4. The smallest absolute Gasteiger partial charge is 0.0991 e. The van der Waals surface area contributed by atoms with Gasteiger partial charge in [0.2, 0.25) is 0 Å². The van der Waals surface area contributed by atoms with Gasteiger partial charge in [-0.3, -0.25) is 0 Å². The van der Waals surface area contributed by atoms with Crippen molar-refractivity contribution in [1.29, 1.82) is 5.26 Å². The molecule has 0 aliphatic carbocycles. The Morgan fingerprint density at radius 1 is 1.50 bits per heavy atom. The number of hydrogen-bond acceptors (Lipinski definition) is 3. The highest BCUT2D eigenvalue weighted by Crippen LogP contribution is 2.09. The largest absolute Gasteiger partial charge is 0.395 e. The van der Waals surface area contributed by atoms with Gasteiger partial charge in [-0.15, -0.1) is 0 Å². The maximum atomic E-state index is 8.67. The Morgan fingerprint density at radius 3 is 2.86 bits per heavy atom. The summed E-state index contributed by atoms with van der Waals surface area (Å²) in [6.07, 6.45) is 0. The molecule has 0 aromatic heterocycles. The quantitative estimate of drug-likeness (QED) is 0.695. The fraction of sp³-hybridized carbons (Fsp3) is 0.364. The third-order valence-corrected chi connectivity index (χ3v) is 2.08. The van der Waals surface area contributed by atoms with Crippen LogP contribution in [-0.4, -0.2) is 18.3 Å². The van der Waals surface area contributed by atoms with E-state index >= 15 is 0 Å². The lowest BCUT2D eigenvalue weighted by atomic mass is 10.1. The molecule has 14 heavy (non-hydrogen) atoms. The van der Waals surface area contributed by atoms with E-state index in [-0.39, 0.29) is 6.61 Å². The highest BCUT2D eigenvalue weighted by Gasteiger charge is 1.98. The van der Waals surface area contributed by atoms with Crippen molar-refractivity contribution < 1.29 is 5.11 Å². The van der Waals surface area contributed by atoms with Crippen LogP contribution in [0.4, 0.5) is 0 Å². The van der Waals surface area contributed by atoms with Gasteiger partial charge in [-0.2, -0.15) is 5.26 Å². The van der Waals surface area contributed by atoms with E-state index in [0.717, 1.165) is 17.7 Å². The van der Waals surface area contributed by atoms with Gasteiger partial charge in [0.1, 0.15) is 0 Å². The molecular weight excluding hydrogens is 176 g/mol. The van der Waals surface area contributed by atoms with Gasteiger partial charge < -0.3 is 10.4 Å². The molecule has 0 aliphatic heterocycles. The number of rotatable bonds is 4. The summed E-state index contributed by atoms with van der Waals surface area (Å²) in [5.41, 5.74) is 2.96. The van der Waals surface area contributed by atoms with E-state index < -0.39 is 0 Å². The van der Waals surface area contributed by atoms with Gasteiger partial charge in [0, 0.05) is 13.1 Å². The molecular formula is C11H14N2O. The summed E-state index contributed by atoms with van der Waals surface area (Å²) in [6.45, 7) is 3.46. The van der Waals surface area contributed by atoms with E-state index in [2.05, 4.69) is 11.4 Å². The number of aryl methyl sites for hydroxylation is 1. The van der Waals surface area contributed by atoms with E-state index in [1.807, 2.05) is 25.1 Å². The van der Waals surface area contributed by atoms with Crippen molar-refractivity contribution in [3.05, 3.63) is 34.9 Å². The second-order valence-electron chi connectivity index (χ2n) is 3.15. The van der Waals surface area contributed by atoms with Crippen LogP contribution < -0.4 is 5.32 Å². The summed E-state index contributed by atoms with van der Waals surface area (Å²) in [7, 11) is 0. The molecule has 74 valence electrons. The van der Waals surface area contributed by atoms with Gasteiger partial charge in [-0.05, 0) is 30.2 Å². The van der Waals surface area contributed by atoms with Crippen molar-refractivity contribution in [2.24, 2.45) is 0 Å². The fourth-order valence-electron chi connectivity index (χ4n) is 1.27. The number of nitrogens with one attached hydrogen (secondary N) is 1. The molecule has 2 N–H and O–H groups in total. The van der Waals surface area contributed by atoms with Gasteiger partial charge in [0.05, 0.1) is 18.2 Å². The van der Waals surface area contributed by atoms with Crippen LogP contribution in [0.1, 0.15) is 16.7 Å². The number of aliphatic hydroxyl groups excluding tert-OH is 1. The van der Waals surface area contributed by atoms with Crippen molar-refractivity contribution in [2.45, 2.75) is 13.5 Å². The lowest BCUT2D eigenvalue weighted by molar-refractivity contribution is 0.292. The molecule has 3 nitrogen and oxygen atoms in total. The highest BCUT2D eigenvalue weighted by atomic mass is 16.3. The Labute approximate surface area is 84.0 Å². The summed E-state index contributed by atoms with van der Waals surface area (Å²) < 4.78 is 0. The SMILES string of the molecule is Cc1cc(C#N)ccc1CNCCO. The highest BCUT2D eigenvalue weighted by molar-refractivity contribution is 5.37. The average molecular weight is 190 g/mol. The average Bonchev–Trinajstić information content (AvgIpc) is 2.20. The zero-order valence-corrected chi connectivity index (χ0v) is 8.25. The lowest BCUT2D eigenvalue weighted by Crippen LogP contribution is -2.18. The first-order chi connectivity index (χ1) is 6.77. The monoisotopic (exact) mass is 190 g/mol. The van der Waals surface area contributed by atoms with Crippen LogP contribution in [0.2, 0.25) is 0 Å². The van der Waals surface area contributed by atoms with Crippen molar-refractivity contribution in [1.82, 2.24) is 5.32 Å². The molecule has 0 unspecified atom stereocenters. The topological polar surface area (TPSA) is 56.0 Å². The summed E-state index contributed by atoms with van der Waals surface area (Å²) in [5.74, 6) is 0. The minimum atomic E-state index is 0.148. The molecule has 1 aromatic rings. The number of aliphatic hydroxyl groups is 1. The molecule has 1 aromatic carbocycles.